The summed E-state index contributed by atoms with van der Waals surface area (Å²) in [5, 5.41) is 28.0. The molecule has 4 nitrogen and oxygen atoms in total. The first-order chi connectivity index (χ1) is 11.6. The average molecular weight is 336 g/mol. The van der Waals surface area contributed by atoms with Crippen LogP contribution in [0.5, 0.6) is 0 Å². The second kappa shape index (κ2) is 16.2. The molecule has 3 N–H and O–H groups in total. The minimum absolute atomic E-state index is 0.223. The summed E-state index contributed by atoms with van der Waals surface area (Å²) in [5.41, 5.74) is 0. The normalized spacial score (nSPS) is 15.1. The Hall–Kier alpha value is -1.65. The molecule has 0 aromatic rings. The molecule has 0 saturated heterocycles. The lowest BCUT2D eigenvalue weighted by Gasteiger charge is -2.14. The van der Waals surface area contributed by atoms with Gasteiger partial charge in [-0.05, 0) is 44.9 Å². The molecule has 0 aliphatic heterocycles. The fourth-order valence-corrected chi connectivity index (χ4v) is 1.98. The number of aliphatic hydroxyl groups is 2. The third kappa shape index (κ3) is 15.3. The maximum absolute atomic E-state index is 10.3. The summed E-state index contributed by atoms with van der Waals surface area (Å²) >= 11 is 0. The fourth-order valence-electron chi connectivity index (χ4n) is 1.98. The van der Waals surface area contributed by atoms with Crippen molar-refractivity contribution in [3.63, 3.8) is 0 Å². The zero-order chi connectivity index (χ0) is 18.0. The fraction of sp³-hybridized carbons (Fsp3) is 0.550. The Balaban J connectivity index is 3.68. The minimum atomic E-state index is -0.745. The van der Waals surface area contributed by atoms with E-state index in [0.29, 0.717) is 19.3 Å². The smallest absolute Gasteiger partial charge is 0.303 e. The van der Waals surface area contributed by atoms with Crippen LogP contribution >= 0.6 is 0 Å². The van der Waals surface area contributed by atoms with Gasteiger partial charge < -0.3 is 15.3 Å². The summed E-state index contributed by atoms with van der Waals surface area (Å²) in [6.07, 6.45) is 19.7. The summed E-state index contributed by atoms with van der Waals surface area (Å²) in [7, 11) is 0. The van der Waals surface area contributed by atoms with Gasteiger partial charge in [-0.3, -0.25) is 4.79 Å². The molecule has 0 amide bonds. The van der Waals surface area contributed by atoms with Gasteiger partial charge in [0.1, 0.15) is 0 Å². The first kappa shape index (κ1) is 22.4. The summed E-state index contributed by atoms with van der Waals surface area (Å²) in [5.74, 6) is -0.745. The Bertz CT molecular complexity index is 421. The monoisotopic (exact) mass is 336 g/mol. The van der Waals surface area contributed by atoms with Crippen molar-refractivity contribution >= 4 is 5.97 Å². The number of hydrogen-bond acceptors (Lipinski definition) is 3. The molecule has 0 aliphatic rings. The van der Waals surface area contributed by atoms with Crippen LogP contribution in [0, 0.1) is 0 Å². The van der Waals surface area contributed by atoms with E-state index in [0.717, 1.165) is 25.7 Å². The lowest BCUT2D eigenvalue weighted by Crippen LogP contribution is -2.24. The van der Waals surface area contributed by atoms with Gasteiger partial charge in [-0.25, -0.2) is 0 Å². The maximum Gasteiger partial charge on any atom is 0.303 e. The Morgan fingerprint density at radius 1 is 0.833 bits per heavy atom. The lowest BCUT2D eigenvalue weighted by atomic mass is 10.1. The van der Waals surface area contributed by atoms with Gasteiger partial charge in [0.05, 0.1) is 12.2 Å². The standard InChI is InChI=1S/C20H32O4/c1-2-3-12-15-18(21)19(22)16-13-10-8-6-4-5-7-9-11-14-17-20(23)24/h3-4,6-7,9-10,12-13,18-19,21-22H,2,5,8,11,14-17H2,1H3,(H,23,24). The number of aliphatic carboxylic acids is 1. The number of aliphatic hydroxyl groups excluding tert-OH is 2. The van der Waals surface area contributed by atoms with Crippen LogP contribution < -0.4 is 0 Å². The Kier molecular flexibility index (Phi) is 15.1. The lowest BCUT2D eigenvalue weighted by molar-refractivity contribution is -0.137. The number of carboxylic acid groups (broad SMARTS) is 1. The molecule has 24 heavy (non-hydrogen) atoms. The summed E-state index contributed by atoms with van der Waals surface area (Å²) in [4.78, 5) is 10.3. The molecule has 0 heterocycles. The van der Waals surface area contributed by atoms with Crippen molar-refractivity contribution in [3.8, 4) is 0 Å². The zero-order valence-electron chi connectivity index (χ0n) is 14.7. The molecule has 0 aromatic carbocycles. The summed E-state index contributed by atoms with van der Waals surface area (Å²) in [6, 6.07) is 0. The van der Waals surface area contributed by atoms with E-state index in [1.54, 1.807) is 0 Å². The minimum Gasteiger partial charge on any atom is -0.481 e. The van der Waals surface area contributed by atoms with Gasteiger partial charge in [-0.15, -0.1) is 0 Å². The highest BCUT2D eigenvalue weighted by Gasteiger charge is 2.12. The highest BCUT2D eigenvalue weighted by Crippen LogP contribution is 2.06. The van der Waals surface area contributed by atoms with E-state index < -0.39 is 18.2 Å². The van der Waals surface area contributed by atoms with Gasteiger partial charge in [0, 0.05) is 6.42 Å². The molecule has 136 valence electrons. The molecule has 0 aromatic heterocycles. The van der Waals surface area contributed by atoms with Gasteiger partial charge in [0.15, 0.2) is 0 Å². The van der Waals surface area contributed by atoms with Gasteiger partial charge in [0.25, 0.3) is 0 Å². The molecule has 2 unspecified atom stereocenters. The molecule has 0 saturated carbocycles. The summed E-state index contributed by atoms with van der Waals surface area (Å²) < 4.78 is 0. The van der Waals surface area contributed by atoms with Crippen LogP contribution in [0.1, 0.15) is 58.3 Å². The van der Waals surface area contributed by atoms with Crippen molar-refractivity contribution < 1.29 is 20.1 Å². The topological polar surface area (TPSA) is 77.8 Å². The molecule has 4 heteroatoms. The Morgan fingerprint density at radius 3 is 1.88 bits per heavy atom. The third-order valence-electron chi connectivity index (χ3n) is 3.41. The van der Waals surface area contributed by atoms with E-state index in [1.165, 1.54) is 0 Å². The van der Waals surface area contributed by atoms with E-state index in [9.17, 15) is 15.0 Å². The predicted molar refractivity (Wildman–Crippen MR) is 98.8 cm³/mol. The molecular formula is C20H32O4. The van der Waals surface area contributed by atoms with Gasteiger partial charge >= 0.3 is 5.97 Å². The maximum atomic E-state index is 10.3. The van der Waals surface area contributed by atoms with Crippen LogP contribution in [0.25, 0.3) is 0 Å². The second-order valence-corrected chi connectivity index (χ2v) is 5.66. The second-order valence-electron chi connectivity index (χ2n) is 5.66. The van der Waals surface area contributed by atoms with Crippen LogP contribution in [-0.2, 0) is 4.79 Å². The molecule has 0 rings (SSSR count). The first-order valence-corrected chi connectivity index (χ1v) is 8.75. The van der Waals surface area contributed by atoms with Crippen LogP contribution in [0.4, 0.5) is 0 Å². The number of allylic oxidation sites excluding steroid dienone is 6. The largest absolute Gasteiger partial charge is 0.481 e. The van der Waals surface area contributed by atoms with E-state index in [-0.39, 0.29) is 6.42 Å². The molecule has 0 radical (unpaired) electrons. The number of carbonyl (C=O) groups is 1. The number of carboxylic acids is 1. The Labute approximate surface area is 145 Å². The molecule has 0 fully saturated rings. The van der Waals surface area contributed by atoms with E-state index in [4.69, 9.17) is 5.11 Å². The van der Waals surface area contributed by atoms with Crippen molar-refractivity contribution in [1.29, 1.82) is 0 Å². The molecule has 2 atom stereocenters. The zero-order valence-corrected chi connectivity index (χ0v) is 14.7. The predicted octanol–water partition coefficient (Wildman–Crippen LogP) is 4.16. The Morgan fingerprint density at radius 2 is 1.33 bits per heavy atom. The van der Waals surface area contributed by atoms with Crippen LogP contribution in [0.15, 0.2) is 48.6 Å². The average Bonchev–Trinajstić information content (AvgIpc) is 2.55. The van der Waals surface area contributed by atoms with Crippen LogP contribution in [0.3, 0.4) is 0 Å². The van der Waals surface area contributed by atoms with Crippen molar-refractivity contribution in [2.24, 2.45) is 0 Å². The molecule has 0 bridgehead atoms. The van der Waals surface area contributed by atoms with Gasteiger partial charge in [-0.2, -0.15) is 0 Å². The van der Waals surface area contributed by atoms with Crippen molar-refractivity contribution in [3.05, 3.63) is 48.6 Å². The van der Waals surface area contributed by atoms with Gasteiger partial charge in [-0.1, -0.05) is 55.5 Å². The van der Waals surface area contributed by atoms with Crippen molar-refractivity contribution in [1.82, 2.24) is 0 Å². The van der Waals surface area contributed by atoms with E-state index in [2.05, 4.69) is 6.08 Å². The van der Waals surface area contributed by atoms with Crippen LogP contribution in [-0.4, -0.2) is 33.5 Å². The molecule has 0 aliphatic carbocycles. The van der Waals surface area contributed by atoms with Crippen molar-refractivity contribution in [2.45, 2.75) is 70.5 Å². The summed E-state index contributed by atoms with van der Waals surface area (Å²) in [6.45, 7) is 2.03. The van der Waals surface area contributed by atoms with E-state index >= 15 is 0 Å². The molecular weight excluding hydrogens is 304 g/mol. The highest BCUT2D eigenvalue weighted by atomic mass is 16.4. The number of rotatable bonds is 14. The van der Waals surface area contributed by atoms with Crippen LogP contribution in [0.2, 0.25) is 0 Å². The van der Waals surface area contributed by atoms with Gasteiger partial charge in [0.2, 0.25) is 0 Å². The number of hydrogen-bond donors (Lipinski definition) is 3. The quantitative estimate of drug-likeness (QED) is 0.329. The SMILES string of the molecule is CCC=CCC(O)C(O)CC=CCC=CCC=CCCCC(=O)O. The van der Waals surface area contributed by atoms with E-state index in [1.807, 2.05) is 49.5 Å². The van der Waals surface area contributed by atoms with Crippen molar-refractivity contribution in [2.75, 3.05) is 0 Å². The molecule has 0 spiro atoms. The first-order valence-electron chi connectivity index (χ1n) is 8.75. The number of unbranched alkanes of at least 4 members (excludes halogenated alkanes) is 1. The highest BCUT2D eigenvalue weighted by molar-refractivity contribution is 5.66. The third-order valence-corrected chi connectivity index (χ3v) is 3.41.